The van der Waals surface area contributed by atoms with Crippen LogP contribution in [0.1, 0.15) is 61.6 Å². The van der Waals surface area contributed by atoms with E-state index in [2.05, 4.69) is 42.3 Å². The average Bonchev–Trinajstić information content (AvgIpc) is 2.95. The van der Waals surface area contributed by atoms with Gasteiger partial charge in [-0.25, -0.2) is 0 Å². The van der Waals surface area contributed by atoms with Crippen LogP contribution in [0.5, 0.6) is 5.75 Å². The summed E-state index contributed by atoms with van der Waals surface area (Å²) in [7, 11) is 5.37. The van der Waals surface area contributed by atoms with Crippen molar-refractivity contribution >= 4 is 5.91 Å². The van der Waals surface area contributed by atoms with Gasteiger partial charge in [0.15, 0.2) is 6.29 Å². The second-order valence-corrected chi connectivity index (χ2v) is 11.5. The summed E-state index contributed by atoms with van der Waals surface area (Å²) >= 11 is 0. The molecule has 0 aromatic heterocycles. The quantitative estimate of drug-likeness (QED) is 0.248. The van der Waals surface area contributed by atoms with Gasteiger partial charge in [-0.3, -0.25) is 4.79 Å². The molecule has 220 valence electrons. The number of hydrogen-bond acceptors (Lipinski definition) is 6. The number of benzene rings is 2. The first-order chi connectivity index (χ1) is 19.4. The van der Waals surface area contributed by atoms with Gasteiger partial charge in [0.2, 0.25) is 5.91 Å². The van der Waals surface area contributed by atoms with Crippen LogP contribution < -0.4 is 0 Å². The predicted octanol–water partition coefficient (Wildman–Crippen LogP) is 4.99. The van der Waals surface area contributed by atoms with Crippen molar-refractivity contribution < 1.29 is 24.1 Å². The van der Waals surface area contributed by atoms with Gasteiger partial charge in [-0.2, -0.15) is 0 Å². The maximum atomic E-state index is 13.0. The summed E-state index contributed by atoms with van der Waals surface area (Å²) in [6.07, 6.45) is 7.47. The van der Waals surface area contributed by atoms with E-state index in [0.717, 1.165) is 62.4 Å². The Morgan fingerprint density at radius 3 is 2.45 bits per heavy atom. The number of rotatable bonds is 15. The molecule has 0 atom stereocenters. The molecule has 7 heteroatoms. The third-order valence-electron chi connectivity index (χ3n) is 9.02. The minimum absolute atomic E-state index is 0.0809. The minimum atomic E-state index is -0.418. The van der Waals surface area contributed by atoms with E-state index in [4.69, 9.17) is 14.2 Å². The number of piperidine rings is 1. The monoisotopic (exact) mass is 552 g/mol. The molecule has 1 saturated carbocycles. The molecule has 1 amide bonds. The summed E-state index contributed by atoms with van der Waals surface area (Å²) in [6.45, 7) is 4.07. The number of likely N-dealkylation sites (tertiary alicyclic amines) is 1. The van der Waals surface area contributed by atoms with Crippen LogP contribution in [0.3, 0.4) is 0 Å². The SMILES string of the molecule is COC(CN(CCC1CCC1)C(=O)CCOCCc1ccc(O)c(C2(c3ccccc3)CCN(C)CC2)c1)OC. The second kappa shape index (κ2) is 15.0. The Morgan fingerprint density at radius 2 is 1.80 bits per heavy atom. The molecule has 1 N–H and O–H groups in total. The number of carbonyl (C=O) groups is 1. The van der Waals surface area contributed by atoms with E-state index in [1.54, 1.807) is 14.2 Å². The molecule has 40 heavy (non-hydrogen) atoms. The third-order valence-corrected chi connectivity index (χ3v) is 9.02. The number of methoxy groups -OCH3 is 2. The van der Waals surface area contributed by atoms with Crippen LogP contribution in [-0.4, -0.2) is 87.8 Å². The first kappa shape index (κ1) is 30.5. The van der Waals surface area contributed by atoms with E-state index in [0.29, 0.717) is 31.9 Å². The molecule has 2 aromatic rings. The van der Waals surface area contributed by atoms with E-state index < -0.39 is 6.29 Å². The van der Waals surface area contributed by atoms with Crippen molar-refractivity contribution in [1.29, 1.82) is 0 Å². The largest absolute Gasteiger partial charge is 0.508 e. The van der Waals surface area contributed by atoms with Crippen molar-refractivity contribution in [3.05, 3.63) is 65.2 Å². The smallest absolute Gasteiger partial charge is 0.225 e. The van der Waals surface area contributed by atoms with Gasteiger partial charge >= 0.3 is 0 Å². The van der Waals surface area contributed by atoms with Gasteiger partial charge in [-0.05, 0) is 68.9 Å². The zero-order valence-electron chi connectivity index (χ0n) is 24.6. The standard InChI is InChI=1S/C33H48N2O5/c1-34-20-17-33(18-21-34,28-10-5-4-6-11-28)29-24-27(12-13-30(29)36)15-22-40-23-16-31(37)35(25-32(38-2)39-3)19-14-26-8-7-9-26/h4-6,10-13,24,26,32,36H,7-9,14-23,25H2,1-3H3. The number of nitrogens with zero attached hydrogens (tertiary/aromatic N) is 2. The lowest BCUT2D eigenvalue weighted by Crippen LogP contribution is -2.41. The highest BCUT2D eigenvalue weighted by Crippen LogP contribution is 2.45. The molecule has 0 bridgehead atoms. The molecule has 0 spiro atoms. The molecule has 1 aliphatic heterocycles. The molecule has 2 aliphatic rings. The average molecular weight is 553 g/mol. The van der Waals surface area contributed by atoms with E-state index in [9.17, 15) is 9.90 Å². The Hall–Kier alpha value is -2.45. The first-order valence-corrected chi connectivity index (χ1v) is 14.9. The van der Waals surface area contributed by atoms with Crippen molar-refractivity contribution in [3.63, 3.8) is 0 Å². The van der Waals surface area contributed by atoms with Gasteiger partial charge in [0.1, 0.15) is 5.75 Å². The summed E-state index contributed by atoms with van der Waals surface area (Å²) in [6, 6.07) is 16.6. The fourth-order valence-electron chi connectivity index (χ4n) is 6.07. The number of phenolic OH excluding ortho intramolecular Hbond substituents is 1. The predicted molar refractivity (Wildman–Crippen MR) is 158 cm³/mol. The molecule has 0 unspecified atom stereocenters. The molecule has 4 rings (SSSR count). The van der Waals surface area contributed by atoms with Crippen molar-refractivity contribution in [2.45, 2.75) is 63.1 Å². The molecular formula is C33H48N2O5. The van der Waals surface area contributed by atoms with Crippen LogP contribution in [0.2, 0.25) is 0 Å². The second-order valence-electron chi connectivity index (χ2n) is 11.5. The Morgan fingerprint density at radius 1 is 1.07 bits per heavy atom. The fraction of sp³-hybridized carbons (Fsp3) is 0.606. The van der Waals surface area contributed by atoms with E-state index in [-0.39, 0.29) is 11.3 Å². The first-order valence-electron chi connectivity index (χ1n) is 14.9. The van der Waals surface area contributed by atoms with Gasteiger partial charge in [-0.1, -0.05) is 61.7 Å². The molecule has 2 fully saturated rings. The maximum Gasteiger partial charge on any atom is 0.225 e. The number of hydrogen-bond donors (Lipinski definition) is 1. The zero-order valence-corrected chi connectivity index (χ0v) is 24.6. The van der Waals surface area contributed by atoms with Gasteiger partial charge in [0.05, 0.1) is 26.2 Å². The maximum absolute atomic E-state index is 13.0. The topological polar surface area (TPSA) is 71.5 Å². The van der Waals surface area contributed by atoms with Crippen LogP contribution in [-0.2, 0) is 30.8 Å². The van der Waals surface area contributed by atoms with Gasteiger partial charge in [0.25, 0.3) is 0 Å². The highest BCUT2D eigenvalue weighted by Gasteiger charge is 2.39. The highest BCUT2D eigenvalue weighted by molar-refractivity contribution is 5.76. The van der Waals surface area contributed by atoms with E-state index in [1.165, 1.54) is 24.8 Å². The summed E-state index contributed by atoms with van der Waals surface area (Å²) < 4.78 is 16.6. The van der Waals surface area contributed by atoms with Crippen molar-refractivity contribution in [2.75, 3.05) is 60.7 Å². The fourth-order valence-corrected chi connectivity index (χ4v) is 6.07. The molecule has 1 heterocycles. The minimum Gasteiger partial charge on any atom is -0.508 e. The molecular weight excluding hydrogens is 504 g/mol. The number of amides is 1. The lowest BCUT2D eigenvalue weighted by molar-refractivity contribution is -0.146. The Kier molecular flexibility index (Phi) is 11.4. The number of carbonyl (C=O) groups excluding carboxylic acids is 1. The van der Waals surface area contributed by atoms with Crippen molar-refractivity contribution in [1.82, 2.24) is 9.80 Å². The summed E-state index contributed by atoms with van der Waals surface area (Å²) in [5, 5.41) is 11.0. The molecule has 2 aromatic carbocycles. The summed E-state index contributed by atoms with van der Waals surface area (Å²) in [5.41, 5.74) is 3.20. The number of aromatic hydroxyl groups is 1. The van der Waals surface area contributed by atoms with Gasteiger partial charge < -0.3 is 29.1 Å². The molecule has 0 radical (unpaired) electrons. The Bertz CT molecular complexity index is 1050. The van der Waals surface area contributed by atoms with Crippen LogP contribution >= 0.6 is 0 Å². The summed E-state index contributed by atoms with van der Waals surface area (Å²) in [4.78, 5) is 17.2. The third kappa shape index (κ3) is 7.84. The van der Waals surface area contributed by atoms with Crippen LogP contribution in [0.25, 0.3) is 0 Å². The normalized spacial score (nSPS) is 17.6. The van der Waals surface area contributed by atoms with Crippen LogP contribution in [0, 0.1) is 5.92 Å². The Labute approximate surface area is 240 Å². The number of ether oxygens (including phenoxy) is 3. The number of phenols is 1. The Balaban J connectivity index is 1.32. The lowest BCUT2D eigenvalue weighted by Gasteiger charge is -2.42. The van der Waals surface area contributed by atoms with Crippen molar-refractivity contribution in [3.8, 4) is 5.75 Å². The lowest BCUT2D eigenvalue weighted by atomic mass is 9.67. The molecule has 7 nitrogen and oxygen atoms in total. The van der Waals surface area contributed by atoms with Gasteiger partial charge in [0, 0.05) is 31.7 Å². The highest BCUT2D eigenvalue weighted by atomic mass is 16.7. The van der Waals surface area contributed by atoms with E-state index >= 15 is 0 Å². The molecule has 1 aliphatic carbocycles. The van der Waals surface area contributed by atoms with Crippen LogP contribution in [0.15, 0.2) is 48.5 Å². The van der Waals surface area contributed by atoms with Crippen LogP contribution in [0.4, 0.5) is 0 Å². The van der Waals surface area contributed by atoms with E-state index in [1.807, 2.05) is 23.1 Å². The molecule has 1 saturated heterocycles. The van der Waals surface area contributed by atoms with Crippen molar-refractivity contribution in [2.24, 2.45) is 5.92 Å². The van der Waals surface area contributed by atoms with Gasteiger partial charge in [-0.15, -0.1) is 0 Å². The summed E-state index contributed by atoms with van der Waals surface area (Å²) in [5.74, 6) is 1.18. The zero-order chi connectivity index (χ0) is 28.4.